The number of carboxylic acids is 1. The molecule has 0 radical (unpaired) electrons. The van der Waals surface area contributed by atoms with Gasteiger partial charge in [-0.15, -0.1) is 0 Å². The van der Waals surface area contributed by atoms with Gasteiger partial charge in [0.25, 0.3) is 5.91 Å². The lowest BCUT2D eigenvalue weighted by molar-refractivity contribution is -0.149. The van der Waals surface area contributed by atoms with Gasteiger partial charge in [-0.3, -0.25) is 9.59 Å². The zero-order valence-corrected chi connectivity index (χ0v) is 11.2. The van der Waals surface area contributed by atoms with Gasteiger partial charge in [-0.05, 0) is 25.7 Å². The van der Waals surface area contributed by atoms with Gasteiger partial charge in [0.2, 0.25) is 0 Å². The van der Waals surface area contributed by atoms with Crippen LogP contribution in [0.5, 0.6) is 0 Å². The molecule has 0 saturated carbocycles. The number of rotatable bonds is 4. The molecule has 0 bridgehead atoms. The van der Waals surface area contributed by atoms with Crippen molar-refractivity contribution in [2.24, 2.45) is 0 Å². The first-order valence-electron chi connectivity index (χ1n) is 6.78. The molecule has 2 rings (SSSR count). The van der Waals surface area contributed by atoms with Crippen LogP contribution < -0.4 is 0 Å². The van der Waals surface area contributed by atoms with E-state index >= 15 is 0 Å². The molecule has 2 aliphatic heterocycles. The van der Waals surface area contributed by atoms with Crippen LogP contribution in [0.25, 0.3) is 0 Å². The topological polar surface area (TPSA) is 76.1 Å². The van der Waals surface area contributed by atoms with Crippen molar-refractivity contribution in [2.45, 2.75) is 50.4 Å². The Balaban J connectivity index is 2.01. The first kappa shape index (κ1) is 14.3. The van der Waals surface area contributed by atoms with Gasteiger partial charge in [0.05, 0.1) is 12.5 Å². The second-order valence-electron chi connectivity index (χ2n) is 5.19. The third-order valence-corrected chi connectivity index (χ3v) is 3.86. The lowest BCUT2D eigenvalue weighted by Gasteiger charge is -2.29. The standard InChI is InChI=1S/C13H21NO5/c1-18-10-6-9(7-12(15)16)14(8-10)13(17)11-4-2-3-5-19-11/h9-11H,2-8H2,1H3,(H,15,16). The highest BCUT2D eigenvalue weighted by molar-refractivity contribution is 5.82. The molecule has 1 amide bonds. The van der Waals surface area contributed by atoms with Crippen molar-refractivity contribution < 1.29 is 24.2 Å². The van der Waals surface area contributed by atoms with E-state index < -0.39 is 12.1 Å². The van der Waals surface area contributed by atoms with E-state index in [2.05, 4.69) is 0 Å². The van der Waals surface area contributed by atoms with Crippen LogP contribution in [-0.4, -0.2) is 60.4 Å². The molecule has 0 aromatic rings. The molecule has 2 saturated heterocycles. The lowest BCUT2D eigenvalue weighted by atomic mass is 10.1. The summed E-state index contributed by atoms with van der Waals surface area (Å²) in [5, 5.41) is 8.93. The van der Waals surface area contributed by atoms with E-state index in [1.165, 1.54) is 0 Å². The number of hydrogen-bond donors (Lipinski definition) is 1. The number of methoxy groups -OCH3 is 1. The van der Waals surface area contributed by atoms with E-state index in [1.807, 2.05) is 0 Å². The molecule has 0 aromatic carbocycles. The minimum absolute atomic E-state index is 0.0294. The quantitative estimate of drug-likeness (QED) is 0.812. The van der Waals surface area contributed by atoms with Gasteiger partial charge in [-0.25, -0.2) is 0 Å². The summed E-state index contributed by atoms with van der Waals surface area (Å²) in [5.41, 5.74) is 0. The number of likely N-dealkylation sites (tertiary alicyclic amines) is 1. The Morgan fingerprint density at radius 2 is 2.21 bits per heavy atom. The normalized spacial score (nSPS) is 31.4. The number of hydrogen-bond acceptors (Lipinski definition) is 4. The first-order valence-corrected chi connectivity index (χ1v) is 6.78. The highest BCUT2D eigenvalue weighted by atomic mass is 16.5. The van der Waals surface area contributed by atoms with Crippen LogP contribution in [0.3, 0.4) is 0 Å². The molecule has 3 atom stereocenters. The van der Waals surface area contributed by atoms with Crippen molar-refractivity contribution in [2.75, 3.05) is 20.3 Å². The Morgan fingerprint density at radius 3 is 2.79 bits per heavy atom. The summed E-state index contributed by atoms with van der Waals surface area (Å²) < 4.78 is 10.8. The molecule has 6 heteroatoms. The molecule has 108 valence electrons. The van der Waals surface area contributed by atoms with E-state index in [4.69, 9.17) is 14.6 Å². The molecule has 19 heavy (non-hydrogen) atoms. The Labute approximate surface area is 112 Å². The summed E-state index contributed by atoms with van der Waals surface area (Å²) in [6.45, 7) is 1.08. The van der Waals surface area contributed by atoms with Gasteiger partial charge in [-0.2, -0.15) is 0 Å². The third kappa shape index (κ3) is 3.45. The van der Waals surface area contributed by atoms with Crippen molar-refractivity contribution in [3.05, 3.63) is 0 Å². The van der Waals surface area contributed by atoms with Gasteiger partial charge in [-0.1, -0.05) is 0 Å². The molecular weight excluding hydrogens is 250 g/mol. The fraction of sp³-hybridized carbons (Fsp3) is 0.846. The number of amides is 1. The Hall–Kier alpha value is -1.14. The van der Waals surface area contributed by atoms with Crippen molar-refractivity contribution in [3.8, 4) is 0 Å². The van der Waals surface area contributed by atoms with Gasteiger partial charge >= 0.3 is 5.97 Å². The summed E-state index contributed by atoms with van der Waals surface area (Å²) in [6.07, 6.45) is 2.79. The maximum Gasteiger partial charge on any atom is 0.305 e. The second-order valence-corrected chi connectivity index (χ2v) is 5.19. The van der Waals surface area contributed by atoms with E-state index in [0.29, 0.717) is 19.6 Å². The summed E-state index contributed by atoms with van der Waals surface area (Å²) in [5.74, 6) is -0.963. The molecule has 2 fully saturated rings. The highest BCUT2D eigenvalue weighted by Crippen LogP contribution is 2.26. The number of carbonyl (C=O) groups is 2. The molecule has 0 aromatic heterocycles. The van der Waals surface area contributed by atoms with E-state index in [1.54, 1.807) is 12.0 Å². The van der Waals surface area contributed by atoms with E-state index in [-0.39, 0.29) is 24.5 Å². The van der Waals surface area contributed by atoms with Crippen LogP contribution >= 0.6 is 0 Å². The molecule has 0 spiro atoms. The van der Waals surface area contributed by atoms with Crippen LogP contribution in [0.2, 0.25) is 0 Å². The van der Waals surface area contributed by atoms with E-state index in [9.17, 15) is 9.59 Å². The Kier molecular flexibility index (Phi) is 4.76. The monoisotopic (exact) mass is 271 g/mol. The molecule has 6 nitrogen and oxygen atoms in total. The highest BCUT2D eigenvalue weighted by Gasteiger charge is 2.39. The molecule has 2 aliphatic rings. The van der Waals surface area contributed by atoms with Crippen LogP contribution in [0.1, 0.15) is 32.1 Å². The van der Waals surface area contributed by atoms with Gasteiger partial charge < -0.3 is 19.5 Å². The second kappa shape index (κ2) is 6.34. The average molecular weight is 271 g/mol. The number of carbonyl (C=O) groups excluding carboxylic acids is 1. The minimum Gasteiger partial charge on any atom is -0.481 e. The lowest BCUT2D eigenvalue weighted by Crippen LogP contribution is -2.45. The van der Waals surface area contributed by atoms with Crippen LogP contribution in [0.4, 0.5) is 0 Å². The van der Waals surface area contributed by atoms with Gasteiger partial charge in [0.15, 0.2) is 0 Å². The van der Waals surface area contributed by atoms with Crippen molar-refractivity contribution in [1.82, 2.24) is 4.90 Å². The Morgan fingerprint density at radius 1 is 1.42 bits per heavy atom. The average Bonchev–Trinajstić information content (AvgIpc) is 2.81. The predicted molar refractivity (Wildman–Crippen MR) is 66.8 cm³/mol. The SMILES string of the molecule is COC1CC(CC(=O)O)N(C(=O)C2CCCCO2)C1. The van der Waals surface area contributed by atoms with E-state index in [0.717, 1.165) is 19.3 Å². The largest absolute Gasteiger partial charge is 0.481 e. The predicted octanol–water partition coefficient (Wildman–Crippen LogP) is 0.646. The van der Waals surface area contributed by atoms with Crippen molar-refractivity contribution >= 4 is 11.9 Å². The zero-order valence-electron chi connectivity index (χ0n) is 11.2. The molecule has 1 N–H and O–H groups in total. The first-order chi connectivity index (χ1) is 9.11. The van der Waals surface area contributed by atoms with Crippen LogP contribution in [0, 0.1) is 0 Å². The smallest absolute Gasteiger partial charge is 0.305 e. The number of carboxylic acid groups (broad SMARTS) is 1. The van der Waals surface area contributed by atoms with Gasteiger partial charge in [0.1, 0.15) is 6.10 Å². The fourth-order valence-corrected chi connectivity index (χ4v) is 2.83. The molecule has 0 aliphatic carbocycles. The minimum atomic E-state index is -0.885. The van der Waals surface area contributed by atoms with Crippen LogP contribution in [-0.2, 0) is 19.1 Å². The van der Waals surface area contributed by atoms with Crippen molar-refractivity contribution in [1.29, 1.82) is 0 Å². The maximum absolute atomic E-state index is 12.4. The molecule has 2 heterocycles. The Bertz CT molecular complexity index is 340. The number of aliphatic carboxylic acids is 1. The summed E-state index contributed by atoms with van der Waals surface area (Å²) >= 11 is 0. The molecule has 3 unspecified atom stereocenters. The number of ether oxygens (including phenoxy) is 2. The maximum atomic E-state index is 12.4. The zero-order chi connectivity index (χ0) is 13.8. The van der Waals surface area contributed by atoms with Crippen LogP contribution in [0.15, 0.2) is 0 Å². The summed E-state index contributed by atoms with van der Waals surface area (Å²) in [6, 6.07) is -0.277. The van der Waals surface area contributed by atoms with Gasteiger partial charge in [0, 0.05) is 26.3 Å². The summed E-state index contributed by atoms with van der Waals surface area (Å²) in [7, 11) is 1.59. The number of nitrogens with zero attached hydrogens (tertiary/aromatic N) is 1. The summed E-state index contributed by atoms with van der Waals surface area (Å²) in [4.78, 5) is 24.9. The third-order valence-electron chi connectivity index (χ3n) is 3.86. The van der Waals surface area contributed by atoms with Crippen molar-refractivity contribution in [3.63, 3.8) is 0 Å². The fourth-order valence-electron chi connectivity index (χ4n) is 2.83. The molecular formula is C13H21NO5.